The fraction of sp³-hybridized carbons (Fsp3) is 0.571. The zero-order chi connectivity index (χ0) is 21.3. The number of carbonyl (C=O) groups excluding carboxylic acids is 1. The molecule has 2 aromatic rings. The van der Waals surface area contributed by atoms with Crippen molar-refractivity contribution in [2.75, 3.05) is 39.0 Å². The van der Waals surface area contributed by atoms with E-state index < -0.39 is 0 Å². The fourth-order valence-electron chi connectivity index (χ4n) is 3.80. The molecule has 164 valence electrons. The summed E-state index contributed by atoms with van der Waals surface area (Å²) in [5.41, 5.74) is 6.60. The SMILES string of the molecule is COc1cc(N)c(Cl)cc1C(=O)NCC1CCN(CCCCCn2ccnn2)CC1. The molecule has 0 spiro atoms. The number of unbranched alkanes of at least 4 members (excludes halogenated alkanes) is 2. The number of amides is 1. The highest BCUT2D eigenvalue weighted by Crippen LogP contribution is 2.29. The Morgan fingerprint density at radius 3 is 2.73 bits per heavy atom. The summed E-state index contributed by atoms with van der Waals surface area (Å²) in [6, 6.07) is 3.15. The van der Waals surface area contributed by atoms with Gasteiger partial charge in [0, 0.05) is 25.4 Å². The minimum atomic E-state index is -0.177. The van der Waals surface area contributed by atoms with Gasteiger partial charge in [0.25, 0.3) is 5.91 Å². The molecule has 30 heavy (non-hydrogen) atoms. The highest BCUT2D eigenvalue weighted by molar-refractivity contribution is 6.33. The minimum Gasteiger partial charge on any atom is -0.496 e. The number of rotatable bonds is 10. The third-order valence-electron chi connectivity index (χ3n) is 5.66. The topological polar surface area (TPSA) is 98.3 Å². The van der Waals surface area contributed by atoms with Gasteiger partial charge < -0.3 is 20.7 Å². The molecular weight excluding hydrogens is 404 g/mol. The van der Waals surface area contributed by atoms with Crippen LogP contribution in [-0.4, -0.2) is 59.1 Å². The van der Waals surface area contributed by atoms with Gasteiger partial charge in [0.1, 0.15) is 5.75 Å². The number of halogens is 1. The molecule has 1 aliphatic rings. The van der Waals surface area contributed by atoms with Crippen LogP contribution in [0.25, 0.3) is 0 Å². The number of aryl methyl sites for hydroxylation is 1. The third kappa shape index (κ3) is 6.34. The predicted octanol–water partition coefficient (Wildman–Crippen LogP) is 2.83. The molecule has 0 bridgehead atoms. The molecule has 2 heterocycles. The maximum absolute atomic E-state index is 12.6. The molecule has 3 rings (SSSR count). The summed E-state index contributed by atoms with van der Waals surface area (Å²) >= 11 is 6.07. The van der Waals surface area contributed by atoms with E-state index in [1.807, 2.05) is 10.9 Å². The van der Waals surface area contributed by atoms with E-state index in [0.717, 1.165) is 45.4 Å². The predicted molar refractivity (Wildman–Crippen MR) is 118 cm³/mol. The number of methoxy groups -OCH3 is 1. The van der Waals surface area contributed by atoms with Crippen molar-refractivity contribution in [2.24, 2.45) is 5.92 Å². The Morgan fingerprint density at radius 2 is 2.03 bits per heavy atom. The molecule has 0 atom stereocenters. The maximum Gasteiger partial charge on any atom is 0.255 e. The monoisotopic (exact) mass is 434 g/mol. The largest absolute Gasteiger partial charge is 0.496 e. The van der Waals surface area contributed by atoms with Gasteiger partial charge in [-0.25, -0.2) is 0 Å². The standard InChI is InChI=1S/C21H31ClN6O2/c1-30-20-14-19(23)18(22)13-17(20)21(29)24-15-16-5-10-27(11-6-16)8-3-2-4-9-28-12-7-25-26-28/h7,12-14,16H,2-6,8-11,15,23H2,1H3,(H,24,29). The van der Waals surface area contributed by atoms with Crippen LogP contribution >= 0.6 is 11.6 Å². The van der Waals surface area contributed by atoms with Crippen molar-refractivity contribution < 1.29 is 9.53 Å². The maximum atomic E-state index is 12.6. The molecule has 0 saturated carbocycles. The van der Waals surface area contributed by atoms with Gasteiger partial charge in [0.15, 0.2) is 0 Å². The highest BCUT2D eigenvalue weighted by Gasteiger charge is 2.21. The Hall–Kier alpha value is -2.32. The molecule has 1 saturated heterocycles. The second kappa shape index (κ2) is 11.2. The lowest BCUT2D eigenvalue weighted by molar-refractivity contribution is 0.0933. The number of likely N-dealkylation sites (tertiary alicyclic amines) is 1. The van der Waals surface area contributed by atoms with E-state index in [9.17, 15) is 4.79 Å². The van der Waals surface area contributed by atoms with E-state index in [1.54, 1.807) is 18.3 Å². The van der Waals surface area contributed by atoms with Crippen molar-refractivity contribution in [2.45, 2.75) is 38.6 Å². The van der Waals surface area contributed by atoms with Gasteiger partial charge in [0.2, 0.25) is 0 Å². The van der Waals surface area contributed by atoms with Crippen LogP contribution in [0.1, 0.15) is 42.5 Å². The molecule has 1 aromatic heterocycles. The first-order valence-corrected chi connectivity index (χ1v) is 10.9. The number of hydrogen-bond donors (Lipinski definition) is 2. The fourth-order valence-corrected chi connectivity index (χ4v) is 3.96. The summed E-state index contributed by atoms with van der Waals surface area (Å²) in [5.74, 6) is 0.754. The van der Waals surface area contributed by atoms with Crippen molar-refractivity contribution in [3.63, 3.8) is 0 Å². The lowest BCUT2D eigenvalue weighted by Crippen LogP contribution is -2.39. The van der Waals surface area contributed by atoms with Crippen molar-refractivity contribution >= 4 is 23.2 Å². The van der Waals surface area contributed by atoms with Gasteiger partial charge in [-0.3, -0.25) is 9.48 Å². The number of nitrogen functional groups attached to an aromatic ring is 1. The van der Waals surface area contributed by atoms with Crippen LogP contribution in [0.3, 0.4) is 0 Å². The Morgan fingerprint density at radius 1 is 1.27 bits per heavy atom. The van der Waals surface area contributed by atoms with E-state index in [2.05, 4.69) is 20.5 Å². The van der Waals surface area contributed by atoms with Gasteiger partial charge in [0.05, 0.1) is 29.6 Å². The van der Waals surface area contributed by atoms with E-state index in [-0.39, 0.29) is 5.91 Å². The Balaban J connectivity index is 1.33. The number of benzene rings is 1. The number of nitrogens with two attached hydrogens (primary N) is 1. The number of nitrogens with one attached hydrogen (secondary N) is 1. The highest BCUT2D eigenvalue weighted by atomic mass is 35.5. The molecule has 9 heteroatoms. The van der Waals surface area contributed by atoms with Crippen molar-refractivity contribution in [3.05, 3.63) is 35.1 Å². The zero-order valence-corrected chi connectivity index (χ0v) is 18.3. The molecule has 0 unspecified atom stereocenters. The molecule has 0 radical (unpaired) electrons. The summed E-state index contributed by atoms with van der Waals surface area (Å²) in [7, 11) is 1.52. The first-order chi connectivity index (χ1) is 14.6. The second-order valence-electron chi connectivity index (χ2n) is 7.80. The normalized spacial score (nSPS) is 15.3. The van der Waals surface area contributed by atoms with Crippen LogP contribution in [0.2, 0.25) is 5.02 Å². The molecule has 8 nitrogen and oxygen atoms in total. The van der Waals surface area contributed by atoms with Gasteiger partial charge in [-0.05, 0) is 57.3 Å². The van der Waals surface area contributed by atoms with Gasteiger partial charge in [-0.2, -0.15) is 0 Å². The number of aromatic nitrogens is 3. The molecule has 3 N–H and O–H groups in total. The summed E-state index contributed by atoms with van der Waals surface area (Å²) in [6.07, 6.45) is 9.34. The Labute approximate surface area is 182 Å². The molecule has 0 aliphatic carbocycles. The van der Waals surface area contributed by atoms with E-state index >= 15 is 0 Å². The van der Waals surface area contributed by atoms with Crippen LogP contribution in [-0.2, 0) is 6.54 Å². The Bertz CT molecular complexity index is 806. The van der Waals surface area contributed by atoms with Gasteiger partial charge >= 0.3 is 0 Å². The van der Waals surface area contributed by atoms with Crippen LogP contribution < -0.4 is 15.8 Å². The van der Waals surface area contributed by atoms with Crippen LogP contribution in [0, 0.1) is 5.92 Å². The minimum absolute atomic E-state index is 0.177. The quantitative estimate of drug-likeness (QED) is 0.440. The average molecular weight is 435 g/mol. The lowest BCUT2D eigenvalue weighted by Gasteiger charge is -2.32. The van der Waals surface area contributed by atoms with Crippen molar-refractivity contribution in [1.82, 2.24) is 25.2 Å². The molecular formula is C21H31ClN6O2. The summed E-state index contributed by atoms with van der Waals surface area (Å²) < 4.78 is 7.15. The van der Waals surface area contributed by atoms with Crippen molar-refractivity contribution in [1.29, 1.82) is 0 Å². The molecule has 1 aromatic carbocycles. The first-order valence-electron chi connectivity index (χ1n) is 10.5. The van der Waals surface area contributed by atoms with Crippen LogP contribution in [0.15, 0.2) is 24.5 Å². The zero-order valence-electron chi connectivity index (χ0n) is 17.5. The number of hydrogen-bond acceptors (Lipinski definition) is 6. The molecule has 1 fully saturated rings. The van der Waals surface area contributed by atoms with Gasteiger partial charge in [-0.1, -0.05) is 23.2 Å². The first kappa shape index (κ1) is 22.4. The molecule has 1 amide bonds. The van der Waals surface area contributed by atoms with E-state index in [0.29, 0.717) is 34.5 Å². The van der Waals surface area contributed by atoms with E-state index in [1.165, 1.54) is 20.0 Å². The Kier molecular flexibility index (Phi) is 8.33. The van der Waals surface area contributed by atoms with Crippen molar-refractivity contribution in [3.8, 4) is 5.75 Å². The van der Waals surface area contributed by atoms with Crippen LogP contribution in [0.5, 0.6) is 5.75 Å². The summed E-state index contributed by atoms with van der Waals surface area (Å²) in [4.78, 5) is 15.1. The number of nitrogens with zero attached hydrogens (tertiary/aromatic N) is 4. The lowest BCUT2D eigenvalue weighted by atomic mass is 9.96. The number of anilines is 1. The van der Waals surface area contributed by atoms with Gasteiger partial charge in [-0.15, -0.1) is 5.10 Å². The summed E-state index contributed by atoms with van der Waals surface area (Å²) in [5, 5.41) is 11.2. The summed E-state index contributed by atoms with van der Waals surface area (Å²) in [6.45, 7) is 4.90. The number of piperidine rings is 1. The molecule has 1 aliphatic heterocycles. The average Bonchev–Trinajstić information content (AvgIpc) is 3.27. The second-order valence-corrected chi connectivity index (χ2v) is 8.20. The number of carbonyl (C=O) groups is 1. The van der Waals surface area contributed by atoms with Crippen LogP contribution in [0.4, 0.5) is 5.69 Å². The smallest absolute Gasteiger partial charge is 0.255 e. The number of ether oxygens (including phenoxy) is 1. The van der Waals surface area contributed by atoms with E-state index in [4.69, 9.17) is 22.1 Å². The third-order valence-corrected chi connectivity index (χ3v) is 5.98.